The average molecular weight is 351 g/mol. The quantitative estimate of drug-likeness (QED) is 0.823. The molecule has 4 aliphatic carbocycles. The molecule has 0 radical (unpaired) electrons. The van der Waals surface area contributed by atoms with Gasteiger partial charge in [0.1, 0.15) is 5.54 Å². The Morgan fingerprint density at radius 2 is 1.69 bits per heavy atom. The van der Waals surface area contributed by atoms with Crippen LogP contribution in [0, 0.1) is 29.1 Å². The number of carbonyl (C=O) groups excluding carboxylic acids is 2. The molecule has 136 valence electrons. The highest BCUT2D eigenvalue weighted by atomic mass is 16.2. The highest BCUT2D eigenvalue weighted by Gasteiger charge is 2.72. The van der Waals surface area contributed by atoms with Crippen molar-refractivity contribution in [3.8, 4) is 0 Å². The van der Waals surface area contributed by atoms with Gasteiger partial charge in [0.2, 0.25) is 0 Å². The van der Waals surface area contributed by atoms with Crippen LogP contribution in [-0.2, 0) is 4.79 Å². The molecule has 4 unspecified atom stereocenters. The molecule has 1 saturated heterocycles. The summed E-state index contributed by atoms with van der Waals surface area (Å²) < 4.78 is 0. The number of hydrazine groups is 1. The standard InChI is InChI=1S/C21H25N3O2/c1-20(2)19(26)23(24(20)18(25)12-3-5-22-6-4-12)17-13-7-15-9-16-8-14(17)11-21(15,16)10-13/h3-6,13-17H,7-11H2,1-2H3. The number of rotatable bonds is 2. The zero-order valence-corrected chi connectivity index (χ0v) is 15.4. The van der Waals surface area contributed by atoms with Crippen LogP contribution in [0.4, 0.5) is 0 Å². The highest BCUT2D eigenvalue weighted by molar-refractivity contribution is 6.04. The minimum absolute atomic E-state index is 0.0741. The maximum atomic E-state index is 13.2. The van der Waals surface area contributed by atoms with Gasteiger partial charge >= 0.3 is 0 Å². The van der Waals surface area contributed by atoms with Crippen molar-refractivity contribution in [1.82, 2.24) is 15.0 Å². The number of aromatic nitrogens is 1. The fraction of sp³-hybridized carbons (Fsp3) is 0.667. The molecule has 5 fully saturated rings. The minimum Gasteiger partial charge on any atom is -0.270 e. The maximum absolute atomic E-state index is 13.2. The Labute approximate surface area is 153 Å². The van der Waals surface area contributed by atoms with Gasteiger partial charge in [-0.15, -0.1) is 0 Å². The van der Waals surface area contributed by atoms with Gasteiger partial charge in [0.25, 0.3) is 11.8 Å². The van der Waals surface area contributed by atoms with Crippen LogP contribution in [-0.4, -0.2) is 38.4 Å². The molecule has 4 atom stereocenters. The summed E-state index contributed by atoms with van der Waals surface area (Å²) in [4.78, 5) is 30.3. The molecule has 5 nitrogen and oxygen atoms in total. The van der Waals surface area contributed by atoms with E-state index >= 15 is 0 Å². The van der Waals surface area contributed by atoms with E-state index in [1.54, 1.807) is 29.5 Å². The summed E-state index contributed by atoms with van der Waals surface area (Å²) in [5.74, 6) is 2.99. The van der Waals surface area contributed by atoms with E-state index in [4.69, 9.17) is 0 Å². The Morgan fingerprint density at radius 1 is 1.08 bits per heavy atom. The Hall–Kier alpha value is -1.91. The molecular formula is C21H25N3O2. The van der Waals surface area contributed by atoms with Crippen LogP contribution in [0.15, 0.2) is 24.5 Å². The van der Waals surface area contributed by atoms with Crippen molar-refractivity contribution < 1.29 is 9.59 Å². The molecule has 6 rings (SSSR count). The molecule has 1 aromatic rings. The molecule has 1 aromatic heterocycles. The Morgan fingerprint density at radius 3 is 2.31 bits per heavy atom. The van der Waals surface area contributed by atoms with E-state index < -0.39 is 5.54 Å². The summed E-state index contributed by atoms with van der Waals surface area (Å²) in [7, 11) is 0. The van der Waals surface area contributed by atoms with Crippen LogP contribution in [0.1, 0.15) is 56.3 Å². The van der Waals surface area contributed by atoms with Crippen LogP contribution in [0.5, 0.6) is 0 Å². The molecule has 1 aliphatic heterocycles. The molecule has 26 heavy (non-hydrogen) atoms. The van der Waals surface area contributed by atoms with Gasteiger partial charge in [-0.05, 0) is 87.2 Å². The topological polar surface area (TPSA) is 53.5 Å². The summed E-state index contributed by atoms with van der Waals surface area (Å²) >= 11 is 0. The summed E-state index contributed by atoms with van der Waals surface area (Å²) in [6.45, 7) is 3.75. The predicted molar refractivity (Wildman–Crippen MR) is 94.6 cm³/mol. The van der Waals surface area contributed by atoms with Crippen LogP contribution >= 0.6 is 0 Å². The van der Waals surface area contributed by atoms with Gasteiger partial charge in [0.15, 0.2) is 0 Å². The molecule has 5 heteroatoms. The molecule has 0 N–H and O–H groups in total. The van der Waals surface area contributed by atoms with E-state index in [-0.39, 0.29) is 17.9 Å². The minimum atomic E-state index is -0.755. The summed E-state index contributed by atoms with van der Waals surface area (Å²) in [5, 5.41) is 3.63. The Bertz CT molecular complexity index is 796. The van der Waals surface area contributed by atoms with E-state index in [2.05, 4.69) is 4.98 Å². The van der Waals surface area contributed by atoms with Crippen molar-refractivity contribution in [2.24, 2.45) is 29.1 Å². The van der Waals surface area contributed by atoms with Crippen molar-refractivity contribution in [2.75, 3.05) is 0 Å². The largest absolute Gasteiger partial charge is 0.273 e. The summed E-state index contributed by atoms with van der Waals surface area (Å²) in [6, 6.07) is 3.71. The molecule has 1 spiro atoms. The second kappa shape index (κ2) is 4.49. The number of hydrogen-bond acceptors (Lipinski definition) is 3. The van der Waals surface area contributed by atoms with E-state index in [9.17, 15) is 9.59 Å². The maximum Gasteiger partial charge on any atom is 0.273 e. The molecule has 2 amide bonds. The van der Waals surface area contributed by atoms with Gasteiger partial charge in [-0.1, -0.05) is 0 Å². The van der Waals surface area contributed by atoms with Crippen molar-refractivity contribution in [3.63, 3.8) is 0 Å². The third-order valence-corrected chi connectivity index (χ3v) is 8.50. The van der Waals surface area contributed by atoms with E-state index in [0.717, 1.165) is 11.8 Å². The predicted octanol–water partition coefficient (Wildman–Crippen LogP) is 2.88. The lowest BCUT2D eigenvalue weighted by atomic mass is 9.56. The zero-order valence-electron chi connectivity index (χ0n) is 15.4. The van der Waals surface area contributed by atoms with Gasteiger partial charge in [-0.3, -0.25) is 14.6 Å². The fourth-order valence-electron chi connectivity index (χ4n) is 7.50. The van der Waals surface area contributed by atoms with Crippen molar-refractivity contribution in [1.29, 1.82) is 0 Å². The highest BCUT2D eigenvalue weighted by Crippen LogP contribution is 2.76. The number of carbonyl (C=O) groups is 2. The molecular weight excluding hydrogens is 326 g/mol. The zero-order chi connectivity index (χ0) is 17.8. The number of pyridine rings is 1. The fourth-order valence-corrected chi connectivity index (χ4v) is 7.50. The monoisotopic (exact) mass is 351 g/mol. The smallest absolute Gasteiger partial charge is 0.270 e. The number of nitrogens with zero attached hydrogens (tertiary/aromatic N) is 3. The number of hydrogen-bond donors (Lipinski definition) is 0. The average Bonchev–Trinajstić information content (AvgIpc) is 3.01. The first-order valence-electron chi connectivity index (χ1n) is 10.0. The number of fused-ring (bicyclic) bond motifs is 2. The Kier molecular flexibility index (Phi) is 2.62. The van der Waals surface area contributed by atoms with E-state index in [0.29, 0.717) is 22.8 Å². The summed E-state index contributed by atoms with van der Waals surface area (Å²) in [5.41, 5.74) is 0.473. The second-order valence-electron chi connectivity index (χ2n) is 9.81. The van der Waals surface area contributed by atoms with Crippen molar-refractivity contribution >= 4 is 11.8 Å². The van der Waals surface area contributed by atoms with Crippen LogP contribution in [0.3, 0.4) is 0 Å². The van der Waals surface area contributed by atoms with Gasteiger partial charge in [-0.25, -0.2) is 10.0 Å². The molecule has 5 aliphatic rings. The first-order chi connectivity index (χ1) is 12.4. The first-order valence-corrected chi connectivity index (χ1v) is 10.0. The lowest BCUT2D eigenvalue weighted by Gasteiger charge is -2.60. The summed E-state index contributed by atoms with van der Waals surface area (Å²) in [6.07, 6.45) is 9.79. The van der Waals surface area contributed by atoms with E-state index in [1.807, 2.05) is 18.9 Å². The first kappa shape index (κ1) is 15.2. The van der Waals surface area contributed by atoms with Gasteiger partial charge in [0, 0.05) is 18.0 Å². The van der Waals surface area contributed by atoms with Gasteiger partial charge < -0.3 is 0 Å². The van der Waals surface area contributed by atoms with Crippen molar-refractivity contribution in [3.05, 3.63) is 30.1 Å². The second-order valence-corrected chi connectivity index (χ2v) is 9.81. The Balaban J connectivity index is 1.36. The normalized spacial score (nSPS) is 43.9. The third-order valence-electron chi connectivity index (χ3n) is 8.50. The molecule has 4 saturated carbocycles. The SMILES string of the molecule is CC1(C)C(=O)N(C2C3CC4CC5CC2CC45C3)N1C(=O)c1ccncc1. The van der Waals surface area contributed by atoms with Gasteiger partial charge in [0.05, 0.1) is 6.04 Å². The van der Waals surface area contributed by atoms with Crippen LogP contribution in [0.2, 0.25) is 0 Å². The van der Waals surface area contributed by atoms with Crippen LogP contribution < -0.4 is 0 Å². The lowest BCUT2D eigenvalue weighted by Crippen LogP contribution is -2.79. The molecule has 3 bridgehead atoms. The van der Waals surface area contributed by atoms with E-state index in [1.165, 1.54) is 32.1 Å². The number of amides is 2. The lowest BCUT2D eigenvalue weighted by molar-refractivity contribution is -0.218. The van der Waals surface area contributed by atoms with Crippen LogP contribution in [0.25, 0.3) is 0 Å². The third kappa shape index (κ3) is 1.53. The molecule has 0 aromatic carbocycles. The van der Waals surface area contributed by atoms with Crippen molar-refractivity contribution in [2.45, 2.75) is 57.5 Å². The molecule has 2 heterocycles. The van der Waals surface area contributed by atoms with Gasteiger partial charge in [-0.2, -0.15) is 0 Å².